The highest BCUT2D eigenvalue weighted by atomic mass is 79.9. The highest BCUT2D eigenvalue weighted by Gasteiger charge is 2.08. The van der Waals surface area contributed by atoms with E-state index in [-0.39, 0.29) is 5.82 Å². The van der Waals surface area contributed by atoms with Crippen LogP contribution in [0.15, 0.2) is 18.2 Å². The van der Waals surface area contributed by atoms with Gasteiger partial charge in [-0.1, -0.05) is 41.9 Å². The van der Waals surface area contributed by atoms with Crippen molar-refractivity contribution in [3.05, 3.63) is 29.6 Å². The predicted octanol–water partition coefficient (Wildman–Crippen LogP) is 4.16. The highest BCUT2D eigenvalue weighted by Crippen LogP contribution is 2.24. The molecule has 2 nitrogen and oxygen atoms in total. The monoisotopic (exact) mass is 318 g/mol. The quantitative estimate of drug-likeness (QED) is 0.529. The van der Waals surface area contributed by atoms with Crippen LogP contribution in [-0.2, 0) is 10.1 Å². The maximum absolute atomic E-state index is 13.5. The molecule has 0 atom stereocenters. The van der Waals surface area contributed by atoms with E-state index in [4.69, 9.17) is 9.47 Å². The molecule has 0 saturated heterocycles. The van der Waals surface area contributed by atoms with Crippen molar-refractivity contribution in [1.29, 1.82) is 0 Å². The Bertz CT molecular complexity index is 356. The predicted molar refractivity (Wildman–Crippen MR) is 74.8 cm³/mol. The highest BCUT2D eigenvalue weighted by molar-refractivity contribution is 9.08. The molecule has 0 N–H and O–H groups in total. The Morgan fingerprint density at radius 2 is 2.00 bits per heavy atom. The van der Waals surface area contributed by atoms with Gasteiger partial charge in [-0.15, -0.1) is 0 Å². The van der Waals surface area contributed by atoms with Gasteiger partial charge < -0.3 is 9.47 Å². The molecule has 1 aromatic rings. The molecule has 102 valence electrons. The van der Waals surface area contributed by atoms with Gasteiger partial charge >= 0.3 is 0 Å². The van der Waals surface area contributed by atoms with Gasteiger partial charge in [-0.3, -0.25) is 0 Å². The Morgan fingerprint density at radius 1 is 1.22 bits per heavy atom. The number of ether oxygens (including phenoxy) is 2. The van der Waals surface area contributed by atoms with Crippen LogP contribution in [0.2, 0.25) is 0 Å². The Balaban J connectivity index is 2.31. The lowest BCUT2D eigenvalue weighted by molar-refractivity contribution is 0.0911. The molecule has 0 spiro atoms. The summed E-state index contributed by atoms with van der Waals surface area (Å²) >= 11 is 3.31. The average molecular weight is 319 g/mol. The number of para-hydroxylation sites is 1. The molecule has 0 bridgehead atoms. The van der Waals surface area contributed by atoms with Gasteiger partial charge in [-0.05, 0) is 18.4 Å². The third-order valence-corrected chi connectivity index (χ3v) is 3.11. The van der Waals surface area contributed by atoms with E-state index in [1.807, 2.05) is 6.07 Å². The van der Waals surface area contributed by atoms with Crippen molar-refractivity contribution in [2.75, 3.05) is 19.8 Å². The first kappa shape index (κ1) is 15.4. The van der Waals surface area contributed by atoms with Crippen LogP contribution >= 0.6 is 15.9 Å². The molecule has 0 aromatic heterocycles. The summed E-state index contributed by atoms with van der Waals surface area (Å²) in [5, 5.41) is 0.578. The molecule has 18 heavy (non-hydrogen) atoms. The molecule has 0 heterocycles. The van der Waals surface area contributed by atoms with Crippen LogP contribution in [0.25, 0.3) is 0 Å². The second-order valence-electron chi connectivity index (χ2n) is 4.51. The normalized spacial score (nSPS) is 10.9. The molecular formula is C14H20BrFO2. The first-order valence-electron chi connectivity index (χ1n) is 6.19. The molecule has 0 amide bonds. The van der Waals surface area contributed by atoms with Crippen molar-refractivity contribution in [2.45, 2.75) is 25.6 Å². The topological polar surface area (TPSA) is 18.5 Å². The lowest BCUT2D eigenvalue weighted by Gasteiger charge is -2.11. The minimum absolute atomic E-state index is 0.321. The summed E-state index contributed by atoms with van der Waals surface area (Å²) in [4.78, 5) is 0. The van der Waals surface area contributed by atoms with E-state index >= 15 is 0 Å². The smallest absolute Gasteiger partial charge is 0.165 e. The van der Waals surface area contributed by atoms with E-state index in [2.05, 4.69) is 29.8 Å². The molecule has 1 aromatic carbocycles. The summed E-state index contributed by atoms with van der Waals surface area (Å²) in [6.07, 6.45) is 1.03. The molecule has 0 fully saturated rings. The summed E-state index contributed by atoms with van der Waals surface area (Å²) in [6.45, 7) is 5.90. The molecule has 0 radical (unpaired) electrons. The van der Waals surface area contributed by atoms with Gasteiger partial charge in [0.1, 0.15) is 6.61 Å². The second-order valence-corrected chi connectivity index (χ2v) is 5.07. The molecule has 4 heteroatoms. The van der Waals surface area contributed by atoms with Crippen molar-refractivity contribution in [1.82, 2.24) is 0 Å². The molecule has 0 aliphatic heterocycles. The molecule has 1 rings (SSSR count). The third kappa shape index (κ3) is 5.36. The van der Waals surface area contributed by atoms with E-state index in [9.17, 15) is 4.39 Å². The van der Waals surface area contributed by atoms with Gasteiger partial charge in [0.25, 0.3) is 0 Å². The van der Waals surface area contributed by atoms with Gasteiger partial charge in [0.2, 0.25) is 0 Å². The fourth-order valence-corrected chi connectivity index (χ4v) is 1.89. The maximum Gasteiger partial charge on any atom is 0.165 e. The molecule has 0 saturated carbocycles. The van der Waals surface area contributed by atoms with Crippen molar-refractivity contribution in [3.8, 4) is 5.75 Å². The zero-order valence-electron chi connectivity index (χ0n) is 10.9. The summed E-state index contributed by atoms with van der Waals surface area (Å²) in [6, 6.07) is 4.92. The summed E-state index contributed by atoms with van der Waals surface area (Å²) in [7, 11) is 0. The van der Waals surface area contributed by atoms with Gasteiger partial charge in [-0.2, -0.15) is 0 Å². The first-order chi connectivity index (χ1) is 8.65. The SMILES string of the molecule is CC(C)CCOCCOc1c(F)cccc1CBr. The largest absolute Gasteiger partial charge is 0.488 e. The number of rotatable bonds is 8. The van der Waals surface area contributed by atoms with E-state index in [1.165, 1.54) is 6.07 Å². The maximum atomic E-state index is 13.5. The minimum atomic E-state index is -0.325. The number of hydrogen-bond donors (Lipinski definition) is 0. The first-order valence-corrected chi connectivity index (χ1v) is 7.31. The van der Waals surface area contributed by atoms with Crippen molar-refractivity contribution >= 4 is 15.9 Å². The number of benzene rings is 1. The van der Waals surface area contributed by atoms with E-state index in [0.29, 0.717) is 30.2 Å². The minimum Gasteiger partial charge on any atom is -0.488 e. The fraction of sp³-hybridized carbons (Fsp3) is 0.571. The Hall–Kier alpha value is -0.610. The zero-order valence-corrected chi connectivity index (χ0v) is 12.5. The van der Waals surface area contributed by atoms with E-state index in [0.717, 1.165) is 18.6 Å². The molecule has 0 aliphatic rings. The van der Waals surface area contributed by atoms with Crippen LogP contribution in [-0.4, -0.2) is 19.8 Å². The van der Waals surface area contributed by atoms with Crippen LogP contribution < -0.4 is 4.74 Å². The Morgan fingerprint density at radius 3 is 2.67 bits per heavy atom. The van der Waals surface area contributed by atoms with Crippen molar-refractivity contribution in [3.63, 3.8) is 0 Å². The molecular weight excluding hydrogens is 299 g/mol. The van der Waals surface area contributed by atoms with Crippen molar-refractivity contribution < 1.29 is 13.9 Å². The van der Waals surface area contributed by atoms with Crippen LogP contribution in [0.1, 0.15) is 25.8 Å². The number of hydrogen-bond acceptors (Lipinski definition) is 2. The number of alkyl halides is 1. The summed E-state index contributed by atoms with van der Waals surface area (Å²) in [5.74, 6) is 0.633. The van der Waals surface area contributed by atoms with Crippen LogP contribution in [0.4, 0.5) is 4.39 Å². The fourth-order valence-electron chi connectivity index (χ4n) is 1.44. The van der Waals surface area contributed by atoms with Gasteiger partial charge in [0, 0.05) is 17.5 Å². The lowest BCUT2D eigenvalue weighted by atomic mass is 10.1. The van der Waals surface area contributed by atoms with E-state index in [1.54, 1.807) is 6.07 Å². The Kier molecular flexibility index (Phi) is 7.28. The van der Waals surface area contributed by atoms with Crippen LogP contribution in [0.5, 0.6) is 5.75 Å². The van der Waals surface area contributed by atoms with Crippen LogP contribution in [0.3, 0.4) is 0 Å². The van der Waals surface area contributed by atoms with Crippen molar-refractivity contribution in [2.24, 2.45) is 5.92 Å². The standard InChI is InChI=1S/C14H20BrFO2/c1-11(2)6-7-17-8-9-18-14-12(10-15)4-3-5-13(14)16/h3-5,11H,6-10H2,1-2H3. The number of halogens is 2. The lowest BCUT2D eigenvalue weighted by Crippen LogP contribution is -2.10. The summed E-state index contributed by atoms with van der Waals surface area (Å²) < 4.78 is 24.4. The van der Waals surface area contributed by atoms with Crippen LogP contribution in [0, 0.1) is 11.7 Å². The third-order valence-electron chi connectivity index (χ3n) is 2.51. The van der Waals surface area contributed by atoms with Gasteiger partial charge in [0.15, 0.2) is 11.6 Å². The molecule has 0 aliphatic carbocycles. The van der Waals surface area contributed by atoms with Gasteiger partial charge in [-0.25, -0.2) is 4.39 Å². The average Bonchev–Trinajstić information content (AvgIpc) is 2.34. The Labute approximate surface area is 117 Å². The molecule has 0 unspecified atom stereocenters. The van der Waals surface area contributed by atoms with E-state index < -0.39 is 0 Å². The second kappa shape index (κ2) is 8.48. The summed E-state index contributed by atoms with van der Waals surface area (Å²) in [5.41, 5.74) is 0.817. The van der Waals surface area contributed by atoms with Gasteiger partial charge in [0.05, 0.1) is 6.61 Å². The zero-order chi connectivity index (χ0) is 13.4.